The third-order valence-corrected chi connectivity index (χ3v) is 3.98. The summed E-state index contributed by atoms with van der Waals surface area (Å²) in [5.74, 6) is 0. The molecule has 1 heterocycles. The van der Waals surface area contributed by atoms with Crippen molar-refractivity contribution in [3.8, 4) is 6.07 Å². The molecule has 0 atom stereocenters. The highest BCUT2D eigenvalue weighted by Gasteiger charge is 2.10. The molecule has 0 aliphatic carbocycles. The van der Waals surface area contributed by atoms with Crippen molar-refractivity contribution in [1.82, 2.24) is 4.98 Å². The zero-order chi connectivity index (χ0) is 9.30. The monoisotopic (exact) mass is 384 g/mol. The smallest absolute Gasteiger partial charge is 0.119 e. The number of aromatic nitrogens is 1. The summed E-state index contributed by atoms with van der Waals surface area (Å²) in [5, 5.41) is 8.82. The number of hydrogen-bond acceptors (Lipinski definition) is 2. The highest BCUT2D eigenvalue weighted by Crippen LogP contribution is 2.21. The van der Waals surface area contributed by atoms with Crippen LogP contribution < -0.4 is 0 Å². The molecular weight excluding hydrogens is 378 g/mol. The van der Waals surface area contributed by atoms with Crippen molar-refractivity contribution >= 4 is 45.2 Å². The number of pyridine rings is 1. The molecule has 0 saturated heterocycles. The van der Waals surface area contributed by atoms with E-state index >= 15 is 0 Å². The van der Waals surface area contributed by atoms with E-state index in [9.17, 15) is 0 Å². The summed E-state index contributed by atoms with van der Waals surface area (Å²) in [7, 11) is 0. The van der Waals surface area contributed by atoms with Gasteiger partial charge >= 0.3 is 0 Å². The number of halogens is 2. The number of hydrogen-bond donors (Lipinski definition) is 0. The summed E-state index contributed by atoms with van der Waals surface area (Å²) >= 11 is 4.31. The van der Waals surface area contributed by atoms with Crippen molar-refractivity contribution in [3.63, 3.8) is 0 Å². The first-order valence-electron chi connectivity index (χ1n) is 3.30. The second-order valence-electron chi connectivity index (χ2n) is 2.41. The summed E-state index contributed by atoms with van der Waals surface area (Å²) in [6.07, 6.45) is 0. The lowest BCUT2D eigenvalue weighted by atomic mass is 10.1. The molecule has 0 aliphatic rings. The lowest BCUT2D eigenvalue weighted by Gasteiger charge is -2.05. The first-order valence-corrected chi connectivity index (χ1v) is 5.46. The Labute approximate surface area is 98.7 Å². The summed E-state index contributed by atoms with van der Waals surface area (Å²) < 4.78 is 1.88. The van der Waals surface area contributed by atoms with Crippen LogP contribution in [0.3, 0.4) is 0 Å². The third-order valence-electron chi connectivity index (χ3n) is 1.61. The number of aryl methyl sites for hydroxylation is 1. The number of rotatable bonds is 0. The fourth-order valence-corrected chi connectivity index (χ4v) is 2.20. The molecule has 2 nitrogen and oxygen atoms in total. The molecule has 0 amide bonds. The van der Waals surface area contributed by atoms with Crippen molar-refractivity contribution in [2.24, 2.45) is 0 Å². The van der Waals surface area contributed by atoms with Crippen LogP contribution in [-0.2, 0) is 0 Å². The quantitative estimate of drug-likeness (QED) is 0.510. The number of nitriles is 1. The zero-order valence-electron chi connectivity index (χ0n) is 6.65. The van der Waals surface area contributed by atoms with Crippen LogP contribution >= 0.6 is 45.2 Å². The molecule has 1 aromatic rings. The Kier molecular flexibility index (Phi) is 3.29. The molecule has 0 radical (unpaired) electrons. The molecule has 0 unspecified atom stereocenters. The predicted molar refractivity (Wildman–Crippen MR) is 63.9 cm³/mol. The van der Waals surface area contributed by atoms with Gasteiger partial charge < -0.3 is 0 Å². The Morgan fingerprint density at radius 3 is 2.42 bits per heavy atom. The van der Waals surface area contributed by atoms with Crippen molar-refractivity contribution in [2.45, 2.75) is 13.8 Å². The topological polar surface area (TPSA) is 36.7 Å². The minimum Gasteiger partial charge on any atom is -0.245 e. The minimum absolute atomic E-state index is 0.700. The van der Waals surface area contributed by atoms with Crippen LogP contribution in [0.1, 0.15) is 16.8 Å². The van der Waals surface area contributed by atoms with Gasteiger partial charge in [-0.2, -0.15) is 5.26 Å². The number of nitrogens with zero attached hydrogens (tertiary/aromatic N) is 2. The van der Waals surface area contributed by atoms with Crippen molar-refractivity contribution < 1.29 is 0 Å². The van der Waals surface area contributed by atoms with Gasteiger partial charge in [-0.25, -0.2) is 4.98 Å². The van der Waals surface area contributed by atoms with E-state index in [1.165, 1.54) is 0 Å². The van der Waals surface area contributed by atoms with Gasteiger partial charge in [-0.3, -0.25) is 0 Å². The van der Waals surface area contributed by atoms with E-state index in [1.807, 2.05) is 13.8 Å². The van der Waals surface area contributed by atoms with E-state index in [4.69, 9.17) is 5.26 Å². The van der Waals surface area contributed by atoms with Crippen LogP contribution in [0.15, 0.2) is 0 Å². The van der Waals surface area contributed by atoms with Crippen LogP contribution in [0, 0.1) is 32.4 Å². The average Bonchev–Trinajstić information content (AvgIpc) is 2.01. The average molecular weight is 384 g/mol. The van der Waals surface area contributed by atoms with E-state index in [0.717, 1.165) is 18.5 Å². The maximum Gasteiger partial charge on any atom is 0.119 e. The van der Waals surface area contributed by atoms with Crippen LogP contribution in [-0.4, -0.2) is 4.98 Å². The normalized spacial score (nSPS) is 9.58. The molecule has 0 spiro atoms. The largest absolute Gasteiger partial charge is 0.245 e. The Hall–Kier alpha value is 0.100. The summed E-state index contributed by atoms with van der Waals surface area (Å²) in [6, 6.07) is 2.16. The molecular formula is C8H6I2N2. The van der Waals surface area contributed by atoms with Gasteiger partial charge in [-0.05, 0) is 64.6 Å². The molecule has 0 aliphatic heterocycles. The Bertz CT molecular complexity index is 366. The van der Waals surface area contributed by atoms with Gasteiger partial charge in [0.2, 0.25) is 0 Å². The van der Waals surface area contributed by atoms with Crippen LogP contribution in [0.25, 0.3) is 0 Å². The molecule has 0 bridgehead atoms. The van der Waals surface area contributed by atoms with E-state index < -0.39 is 0 Å². The minimum atomic E-state index is 0.700. The van der Waals surface area contributed by atoms with Crippen LogP contribution in [0.2, 0.25) is 0 Å². The fourth-order valence-electron chi connectivity index (χ4n) is 0.918. The van der Waals surface area contributed by atoms with Crippen LogP contribution in [0.4, 0.5) is 0 Å². The predicted octanol–water partition coefficient (Wildman–Crippen LogP) is 2.78. The highest BCUT2D eigenvalue weighted by molar-refractivity contribution is 14.1. The van der Waals surface area contributed by atoms with Gasteiger partial charge in [0, 0.05) is 3.57 Å². The summed E-state index contributed by atoms with van der Waals surface area (Å²) in [6.45, 7) is 3.91. The van der Waals surface area contributed by atoms with Crippen molar-refractivity contribution in [3.05, 3.63) is 24.1 Å². The van der Waals surface area contributed by atoms with Crippen molar-refractivity contribution in [1.29, 1.82) is 5.26 Å². The van der Waals surface area contributed by atoms with Gasteiger partial charge in [0.1, 0.15) is 9.77 Å². The Morgan fingerprint density at radius 1 is 1.33 bits per heavy atom. The van der Waals surface area contributed by atoms with Gasteiger partial charge in [0.05, 0.1) is 11.3 Å². The SMILES string of the molecule is Cc1nc(I)c(C#N)c(C)c1I. The summed E-state index contributed by atoms with van der Waals surface area (Å²) in [4.78, 5) is 4.26. The molecule has 0 saturated carbocycles. The first kappa shape index (κ1) is 10.2. The van der Waals surface area contributed by atoms with E-state index in [0.29, 0.717) is 5.56 Å². The second kappa shape index (κ2) is 3.87. The molecule has 0 fully saturated rings. The Morgan fingerprint density at radius 2 is 1.92 bits per heavy atom. The maximum absolute atomic E-state index is 8.82. The lowest BCUT2D eigenvalue weighted by molar-refractivity contribution is 1.10. The lowest BCUT2D eigenvalue weighted by Crippen LogP contribution is -1.99. The maximum atomic E-state index is 8.82. The standard InChI is InChI=1S/C8H6I2N2/c1-4-6(3-11)8(10)12-5(2)7(4)9/h1-2H3. The molecule has 12 heavy (non-hydrogen) atoms. The van der Waals surface area contributed by atoms with Crippen molar-refractivity contribution in [2.75, 3.05) is 0 Å². The highest BCUT2D eigenvalue weighted by atomic mass is 127. The molecule has 1 aromatic heterocycles. The first-order chi connectivity index (χ1) is 5.57. The molecule has 1 rings (SSSR count). The van der Waals surface area contributed by atoms with Crippen LogP contribution in [0.5, 0.6) is 0 Å². The molecule has 0 N–H and O–H groups in total. The molecule has 4 heteroatoms. The van der Waals surface area contributed by atoms with E-state index in [1.54, 1.807) is 0 Å². The van der Waals surface area contributed by atoms with E-state index in [2.05, 4.69) is 56.2 Å². The van der Waals surface area contributed by atoms with Gasteiger partial charge in [-0.15, -0.1) is 0 Å². The Balaban J connectivity index is 3.54. The second-order valence-corrected chi connectivity index (χ2v) is 4.51. The fraction of sp³-hybridized carbons (Fsp3) is 0.250. The molecule has 62 valence electrons. The van der Waals surface area contributed by atoms with Gasteiger partial charge in [-0.1, -0.05) is 0 Å². The summed E-state index contributed by atoms with van der Waals surface area (Å²) in [5.41, 5.74) is 2.73. The zero-order valence-corrected chi connectivity index (χ0v) is 11.0. The third kappa shape index (κ3) is 1.71. The van der Waals surface area contributed by atoms with Gasteiger partial charge in [0.15, 0.2) is 0 Å². The molecule has 0 aromatic carbocycles. The van der Waals surface area contributed by atoms with Gasteiger partial charge in [0.25, 0.3) is 0 Å². The van der Waals surface area contributed by atoms with E-state index in [-0.39, 0.29) is 0 Å².